The number of piperazine rings is 1. The Morgan fingerprint density at radius 2 is 1.48 bits per heavy atom. The molecule has 3 heterocycles. The molecular weight excluding hydrogens is 623 g/mol. The zero-order chi connectivity index (χ0) is 33.5. The number of carbonyl (C=O) groups excluding carboxylic acids is 3. The van der Waals surface area contributed by atoms with Crippen molar-refractivity contribution >= 4 is 40.6 Å². The fourth-order valence-corrected chi connectivity index (χ4v) is 7.21. The van der Waals surface area contributed by atoms with Gasteiger partial charge in [-0.1, -0.05) is 85.8 Å². The van der Waals surface area contributed by atoms with Crippen LogP contribution in [0.2, 0.25) is 0 Å². The highest BCUT2D eigenvalue weighted by atomic mass is 32.2. The van der Waals surface area contributed by atoms with Crippen molar-refractivity contribution in [2.75, 3.05) is 32.8 Å². The summed E-state index contributed by atoms with van der Waals surface area (Å²) in [5.41, 5.74) is 3.89. The van der Waals surface area contributed by atoms with E-state index in [1.54, 1.807) is 35.3 Å². The number of para-hydroxylation sites is 1. The van der Waals surface area contributed by atoms with Gasteiger partial charge in [0.25, 0.3) is 5.91 Å². The van der Waals surface area contributed by atoms with Gasteiger partial charge in [0.05, 0.1) is 23.7 Å². The first-order valence-electron chi connectivity index (χ1n) is 16.3. The van der Waals surface area contributed by atoms with Gasteiger partial charge in [-0.05, 0) is 48.7 Å². The summed E-state index contributed by atoms with van der Waals surface area (Å²) in [7, 11) is 0. The van der Waals surface area contributed by atoms with Gasteiger partial charge in [0.2, 0.25) is 5.91 Å². The molecule has 6 rings (SSSR count). The van der Waals surface area contributed by atoms with E-state index in [2.05, 4.69) is 63.7 Å². The monoisotopic (exact) mass is 661 g/mol. The molecule has 1 atom stereocenters. The first-order chi connectivity index (χ1) is 23.5. The molecule has 10 heteroatoms. The molecule has 1 aliphatic rings. The van der Waals surface area contributed by atoms with Gasteiger partial charge in [-0.3, -0.25) is 18.5 Å². The molecule has 1 saturated heterocycles. The minimum Gasteiger partial charge on any atom is -0.462 e. The molecule has 0 aliphatic carbocycles. The fraction of sp³-hybridized carbons (Fsp3) is 0.263. The Kier molecular flexibility index (Phi) is 10.5. The Balaban J connectivity index is 1.18. The summed E-state index contributed by atoms with van der Waals surface area (Å²) >= 11 is 1.17. The molecule has 2 amide bonds. The SMILES string of the molecule is CCOC(=O)c1cccnc1Sn1c(C(=O)N[C@@H](CC)C(=O)N2CCN(C(c3ccccc3)c3ccccc3)CC2)cc2ccccc21. The zero-order valence-electron chi connectivity index (χ0n) is 27.1. The number of hydrogen-bond donors (Lipinski definition) is 1. The van der Waals surface area contributed by atoms with Crippen molar-refractivity contribution in [1.29, 1.82) is 0 Å². The summed E-state index contributed by atoms with van der Waals surface area (Å²) in [5.74, 6) is -0.948. The lowest BCUT2D eigenvalue weighted by atomic mass is 9.96. The molecule has 0 unspecified atom stereocenters. The zero-order valence-corrected chi connectivity index (χ0v) is 27.9. The maximum Gasteiger partial charge on any atom is 0.340 e. The Bertz CT molecular complexity index is 1830. The summed E-state index contributed by atoms with van der Waals surface area (Å²) < 4.78 is 7.01. The molecule has 0 spiro atoms. The van der Waals surface area contributed by atoms with Crippen LogP contribution in [0.15, 0.2) is 114 Å². The van der Waals surface area contributed by atoms with Crippen LogP contribution < -0.4 is 5.32 Å². The topological polar surface area (TPSA) is 96.8 Å². The van der Waals surface area contributed by atoms with E-state index in [1.165, 1.54) is 23.1 Å². The average Bonchev–Trinajstić information content (AvgIpc) is 3.50. The van der Waals surface area contributed by atoms with E-state index in [0.29, 0.717) is 48.9 Å². The number of carbonyl (C=O) groups is 3. The third kappa shape index (κ3) is 7.14. The van der Waals surface area contributed by atoms with E-state index in [9.17, 15) is 14.4 Å². The number of pyridine rings is 1. The van der Waals surface area contributed by atoms with Gasteiger partial charge < -0.3 is 15.0 Å². The predicted molar refractivity (Wildman–Crippen MR) is 188 cm³/mol. The van der Waals surface area contributed by atoms with Crippen LogP contribution in [0.1, 0.15) is 58.3 Å². The lowest BCUT2D eigenvalue weighted by molar-refractivity contribution is -0.135. The molecule has 2 aromatic heterocycles. The third-order valence-electron chi connectivity index (χ3n) is 8.58. The summed E-state index contributed by atoms with van der Waals surface area (Å²) in [6.07, 6.45) is 2.05. The highest BCUT2D eigenvalue weighted by molar-refractivity contribution is 7.98. The van der Waals surface area contributed by atoms with E-state index < -0.39 is 12.0 Å². The second kappa shape index (κ2) is 15.3. The first-order valence-corrected chi connectivity index (χ1v) is 17.1. The molecule has 0 radical (unpaired) electrons. The Labute approximate surface area is 285 Å². The quantitative estimate of drug-likeness (QED) is 0.168. The second-order valence-electron chi connectivity index (χ2n) is 11.6. The number of rotatable bonds is 11. The Morgan fingerprint density at radius 3 is 2.12 bits per heavy atom. The number of amides is 2. The highest BCUT2D eigenvalue weighted by Crippen LogP contribution is 2.32. The molecule has 5 aromatic rings. The van der Waals surface area contributed by atoms with Crippen molar-refractivity contribution in [1.82, 2.24) is 24.1 Å². The van der Waals surface area contributed by atoms with Crippen LogP contribution >= 0.6 is 11.9 Å². The molecule has 0 bridgehead atoms. The average molecular weight is 662 g/mol. The maximum atomic E-state index is 13.9. The fourth-order valence-electron chi connectivity index (χ4n) is 6.18. The summed E-state index contributed by atoms with van der Waals surface area (Å²) in [5, 5.41) is 4.29. The van der Waals surface area contributed by atoms with Gasteiger partial charge in [-0.15, -0.1) is 0 Å². The van der Waals surface area contributed by atoms with Crippen LogP contribution in [0, 0.1) is 0 Å². The Morgan fingerprint density at radius 1 is 0.833 bits per heavy atom. The smallest absolute Gasteiger partial charge is 0.340 e. The number of aromatic nitrogens is 2. The normalized spacial score (nSPS) is 14.2. The lowest BCUT2D eigenvalue weighted by Crippen LogP contribution is -2.55. The van der Waals surface area contributed by atoms with Crippen molar-refractivity contribution in [3.63, 3.8) is 0 Å². The van der Waals surface area contributed by atoms with Crippen molar-refractivity contribution in [2.45, 2.75) is 37.4 Å². The van der Waals surface area contributed by atoms with Crippen molar-refractivity contribution in [3.8, 4) is 0 Å². The van der Waals surface area contributed by atoms with Crippen LogP contribution in [0.5, 0.6) is 0 Å². The van der Waals surface area contributed by atoms with Gasteiger partial charge in [-0.2, -0.15) is 0 Å². The molecule has 1 fully saturated rings. The number of hydrogen-bond acceptors (Lipinski definition) is 7. The maximum absolute atomic E-state index is 13.9. The number of nitrogens with zero attached hydrogens (tertiary/aromatic N) is 4. The number of esters is 1. The van der Waals surface area contributed by atoms with Gasteiger partial charge >= 0.3 is 5.97 Å². The van der Waals surface area contributed by atoms with E-state index in [1.807, 2.05) is 48.2 Å². The number of ether oxygens (including phenoxy) is 1. The second-order valence-corrected chi connectivity index (χ2v) is 12.5. The molecule has 48 heavy (non-hydrogen) atoms. The molecule has 246 valence electrons. The van der Waals surface area contributed by atoms with E-state index >= 15 is 0 Å². The van der Waals surface area contributed by atoms with Crippen LogP contribution in [-0.4, -0.2) is 75.4 Å². The molecular formula is C38H39N5O4S. The summed E-state index contributed by atoms with van der Waals surface area (Å²) in [6, 6.07) is 33.1. The number of fused-ring (bicyclic) bond motifs is 1. The van der Waals surface area contributed by atoms with Crippen LogP contribution in [0.25, 0.3) is 10.9 Å². The molecule has 1 N–H and O–H groups in total. The van der Waals surface area contributed by atoms with Gasteiger partial charge in [-0.25, -0.2) is 9.78 Å². The predicted octanol–water partition coefficient (Wildman–Crippen LogP) is 6.21. The molecule has 0 saturated carbocycles. The largest absolute Gasteiger partial charge is 0.462 e. The summed E-state index contributed by atoms with van der Waals surface area (Å²) in [6.45, 7) is 6.44. The number of nitrogens with one attached hydrogen (secondary N) is 1. The molecule has 9 nitrogen and oxygen atoms in total. The van der Waals surface area contributed by atoms with E-state index in [0.717, 1.165) is 10.9 Å². The van der Waals surface area contributed by atoms with Gasteiger partial charge in [0, 0.05) is 49.7 Å². The van der Waals surface area contributed by atoms with E-state index in [4.69, 9.17) is 4.74 Å². The minimum absolute atomic E-state index is 0.0916. The molecule has 1 aliphatic heterocycles. The van der Waals surface area contributed by atoms with Crippen molar-refractivity contribution < 1.29 is 19.1 Å². The van der Waals surface area contributed by atoms with Crippen LogP contribution in [-0.2, 0) is 9.53 Å². The van der Waals surface area contributed by atoms with Crippen LogP contribution in [0.4, 0.5) is 0 Å². The van der Waals surface area contributed by atoms with E-state index in [-0.39, 0.29) is 24.5 Å². The molecule has 3 aromatic carbocycles. The Hall–Kier alpha value is -4.93. The third-order valence-corrected chi connectivity index (χ3v) is 9.65. The minimum atomic E-state index is -0.690. The lowest BCUT2D eigenvalue weighted by Gasteiger charge is -2.40. The van der Waals surface area contributed by atoms with Gasteiger partial charge in [0.1, 0.15) is 16.8 Å². The number of benzene rings is 3. The summed E-state index contributed by atoms with van der Waals surface area (Å²) in [4.78, 5) is 49.2. The highest BCUT2D eigenvalue weighted by Gasteiger charge is 2.32. The van der Waals surface area contributed by atoms with Crippen LogP contribution in [0.3, 0.4) is 0 Å². The van der Waals surface area contributed by atoms with Crippen molar-refractivity contribution in [3.05, 3.63) is 132 Å². The van der Waals surface area contributed by atoms with Crippen molar-refractivity contribution in [2.24, 2.45) is 0 Å². The standard InChI is InChI=1S/C38H39N5O4S/c1-3-31(37(45)42-24-22-41(23-25-42)34(27-14-7-5-8-15-27)28-16-9-6-10-17-28)40-35(44)33-26-29-18-11-12-20-32(29)43(33)48-36-30(19-13-21-39-36)38(46)47-4-2/h5-21,26,31,34H,3-4,22-25H2,1-2H3,(H,40,44)/t31-/m0/s1. The first kappa shape index (κ1) is 33.0. The van der Waals surface area contributed by atoms with Gasteiger partial charge in [0.15, 0.2) is 0 Å².